The van der Waals surface area contributed by atoms with E-state index in [2.05, 4.69) is 38.8 Å². The van der Waals surface area contributed by atoms with Gasteiger partial charge in [-0.05, 0) is 64.2 Å². The van der Waals surface area contributed by atoms with Crippen molar-refractivity contribution >= 4 is 23.8 Å². The Labute approximate surface area is 295 Å². The Bertz CT molecular complexity index is 1480. The van der Waals surface area contributed by atoms with Crippen LogP contribution in [0.1, 0.15) is 85.0 Å². The molecule has 2 amide bonds. The van der Waals surface area contributed by atoms with E-state index in [0.29, 0.717) is 30.9 Å². The van der Waals surface area contributed by atoms with Crippen molar-refractivity contribution in [2.75, 3.05) is 51.2 Å². The average Bonchev–Trinajstić information content (AvgIpc) is 3.49. The summed E-state index contributed by atoms with van der Waals surface area (Å²) in [5.41, 5.74) is 0.212. The number of likely N-dealkylation sites (tertiary alicyclic amines) is 1. The van der Waals surface area contributed by atoms with Crippen molar-refractivity contribution in [3.8, 4) is 11.6 Å². The monoisotopic (exact) mass is 699 g/mol. The molecule has 2 aromatic rings. The largest absolute Gasteiger partial charge is 0.434 e. The van der Waals surface area contributed by atoms with Crippen molar-refractivity contribution in [1.82, 2.24) is 29.9 Å². The molecule has 2 fully saturated rings. The van der Waals surface area contributed by atoms with Crippen LogP contribution in [0.25, 0.3) is 0 Å². The zero-order valence-corrected chi connectivity index (χ0v) is 31.0. The van der Waals surface area contributed by atoms with Crippen LogP contribution in [0.4, 0.5) is 15.0 Å². The van der Waals surface area contributed by atoms with Gasteiger partial charge in [0, 0.05) is 70.7 Å². The van der Waals surface area contributed by atoms with E-state index in [1.807, 2.05) is 20.8 Å². The Morgan fingerprint density at radius 2 is 1.76 bits per heavy atom. The number of esters is 1. The molecule has 0 N–H and O–H groups in total. The van der Waals surface area contributed by atoms with Gasteiger partial charge in [-0.25, -0.2) is 14.2 Å². The Balaban J connectivity index is 1.34. The second kappa shape index (κ2) is 16.8. The molecular formula is C36H54FN7O6. The van der Waals surface area contributed by atoms with E-state index < -0.39 is 24.2 Å². The molecule has 4 rings (SSSR count). The lowest BCUT2D eigenvalue weighted by Gasteiger charge is -2.53. The second-order valence-corrected chi connectivity index (χ2v) is 14.5. The van der Waals surface area contributed by atoms with Gasteiger partial charge in [0.1, 0.15) is 17.9 Å². The van der Waals surface area contributed by atoms with E-state index in [4.69, 9.17) is 14.2 Å². The Kier molecular flexibility index (Phi) is 13.0. The van der Waals surface area contributed by atoms with Crippen molar-refractivity contribution in [1.29, 1.82) is 0 Å². The zero-order valence-electron chi connectivity index (χ0n) is 31.0. The summed E-state index contributed by atoms with van der Waals surface area (Å²) in [4.78, 5) is 50.1. The highest BCUT2D eigenvalue weighted by Crippen LogP contribution is 2.44. The summed E-state index contributed by atoms with van der Waals surface area (Å²) in [7, 11) is 1.69. The van der Waals surface area contributed by atoms with E-state index in [9.17, 15) is 18.8 Å². The highest BCUT2D eigenvalue weighted by atomic mass is 19.1. The third-order valence-corrected chi connectivity index (χ3v) is 9.55. The fourth-order valence-corrected chi connectivity index (χ4v) is 6.85. The molecule has 14 heteroatoms. The predicted molar refractivity (Wildman–Crippen MR) is 186 cm³/mol. The van der Waals surface area contributed by atoms with Crippen molar-refractivity contribution in [3.63, 3.8) is 0 Å². The van der Waals surface area contributed by atoms with Crippen LogP contribution in [0.5, 0.6) is 11.6 Å². The molecule has 2 unspecified atom stereocenters. The number of benzene rings is 1. The highest BCUT2D eigenvalue weighted by molar-refractivity contribution is 5.97. The van der Waals surface area contributed by atoms with Crippen LogP contribution < -0.4 is 9.64 Å². The minimum absolute atomic E-state index is 0.0709. The van der Waals surface area contributed by atoms with Crippen molar-refractivity contribution < 1.29 is 33.0 Å². The lowest BCUT2D eigenvalue weighted by molar-refractivity contribution is -0.169. The van der Waals surface area contributed by atoms with E-state index in [-0.39, 0.29) is 40.5 Å². The Morgan fingerprint density at radius 3 is 2.40 bits per heavy atom. The fraction of sp³-hybridized carbons (Fsp3) is 0.667. The van der Waals surface area contributed by atoms with Crippen LogP contribution in [0.15, 0.2) is 24.5 Å². The van der Waals surface area contributed by atoms with Crippen LogP contribution in [0.2, 0.25) is 0 Å². The molecule has 2 aliphatic heterocycles. The minimum atomic E-state index is -0.946. The molecule has 276 valence electrons. The van der Waals surface area contributed by atoms with Crippen LogP contribution in [0.3, 0.4) is 0 Å². The number of halogens is 1. The molecule has 2 saturated heterocycles. The smallest absolute Gasteiger partial charge is 0.412 e. The quantitative estimate of drug-likeness (QED) is 0.170. The Hall–Kier alpha value is -4.07. The fourth-order valence-electron chi connectivity index (χ4n) is 6.85. The van der Waals surface area contributed by atoms with Crippen LogP contribution in [-0.2, 0) is 14.3 Å². The van der Waals surface area contributed by atoms with Gasteiger partial charge in [0.25, 0.3) is 11.8 Å². The second-order valence-electron chi connectivity index (χ2n) is 14.5. The summed E-state index contributed by atoms with van der Waals surface area (Å²) in [5, 5.41) is 8.18. The normalized spacial score (nSPS) is 16.8. The number of carbonyl (C=O) groups excluding carboxylic acids is 3. The van der Waals surface area contributed by atoms with Crippen LogP contribution in [0, 0.1) is 23.1 Å². The number of nitrogens with zero attached hydrogens (tertiary/aromatic N) is 7. The molecule has 0 radical (unpaired) electrons. The van der Waals surface area contributed by atoms with Gasteiger partial charge < -0.3 is 28.9 Å². The molecule has 3 heterocycles. The lowest BCUT2D eigenvalue weighted by Crippen LogP contribution is -2.62. The summed E-state index contributed by atoms with van der Waals surface area (Å²) in [6.45, 7) is 19.6. The lowest BCUT2D eigenvalue weighted by atomic mass is 9.76. The first-order chi connectivity index (χ1) is 23.6. The maximum absolute atomic E-state index is 14.3. The minimum Gasteiger partial charge on any atom is -0.434 e. The molecule has 1 aromatic heterocycles. The van der Waals surface area contributed by atoms with Crippen LogP contribution >= 0.6 is 0 Å². The van der Waals surface area contributed by atoms with Gasteiger partial charge in [-0.15, -0.1) is 10.2 Å². The van der Waals surface area contributed by atoms with Gasteiger partial charge in [0.05, 0.1) is 11.5 Å². The van der Waals surface area contributed by atoms with Gasteiger partial charge in [0.2, 0.25) is 6.29 Å². The summed E-state index contributed by atoms with van der Waals surface area (Å²) in [6, 6.07) is 4.19. The zero-order chi connectivity index (χ0) is 36.7. The first-order valence-electron chi connectivity index (χ1n) is 17.7. The van der Waals surface area contributed by atoms with E-state index in [1.54, 1.807) is 25.8 Å². The van der Waals surface area contributed by atoms with Crippen molar-refractivity contribution in [2.24, 2.45) is 17.3 Å². The molecule has 1 spiro atoms. The predicted octanol–water partition coefficient (Wildman–Crippen LogP) is 5.60. The number of aromatic nitrogens is 3. The number of hydrogen-bond acceptors (Lipinski definition) is 11. The third-order valence-electron chi connectivity index (χ3n) is 9.55. The SMILES string of the molecule is CCN(C(=O)c1cc(F)ccc1Oc1nncnc1N1CCC2(C1)CN(C(CCCN(C)C(=O)OC(C)OC(=O)C(C)C)C(C)C)C2)C(C)C. The summed E-state index contributed by atoms with van der Waals surface area (Å²) >= 11 is 0. The summed E-state index contributed by atoms with van der Waals surface area (Å²) in [5.74, 6) is -0.227. The average molecular weight is 700 g/mol. The summed E-state index contributed by atoms with van der Waals surface area (Å²) in [6.07, 6.45) is 2.62. The highest BCUT2D eigenvalue weighted by Gasteiger charge is 2.50. The molecule has 13 nitrogen and oxygen atoms in total. The number of amides is 2. The molecule has 0 aliphatic carbocycles. The third kappa shape index (κ3) is 9.37. The number of ether oxygens (including phenoxy) is 3. The Morgan fingerprint density at radius 1 is 1.04 bits per heavy atom. The summed E-state index contributed by atoms with van der Waals surface area (Å²) < 4.78 is 30.9. The molecule has 2 aliphatic rings. The van der Waals surface area contributed by atoms with E-state index in [0.717, 1.165) is 45.4 Å². The van der Waals surface area contributed by atoms with Crippen LogP contribution in [-0.4, -0.2) is 113 Å². The maximum atomic E-state index is 14.3. The van der Waals surface area contributed by atoms with Crippen molar-refractivity contribution in [3.05, 3.63) is 35.9 Å². The van der Waals surface area contributed by atoms with Gasteiger partial charge in [-0.1, -0.05) is 27.7 Å². The molecule has 2 atom stereocenters. The van der Waals surface area contributed by atoms with Crippen molar-refractivity contribution in [2.45, 2.75) is 93.0 Å². The number of hydrogen-bond donors (Lipinski definition) is 0. The first kappa shape index (κ1) is 38.7. The first-order valence-corrected chi connectivity index (χ1v) is 17.7. The number of carbonyl (C=O) groups is 3. The standard InChI is InChI=1S/C36H54FN7O6/c1-10-44(25(6)7)33(45)28-18-27(37)13-14-30(28)50-32-31(38-22-39-40-32)42-17-15-36(19-42)20-43(21-36)29(23(2)3)12-11-16-41(9)35(47)49-26(8)48-34(46)24(4)5/h13-14,18,22-26,29H,10-12,15-17,19-21H2,1-9H3. The molecule has 1 aromatic carbocycles. The number of rotatable bonds is 15. The number of anilines is 1. The van der Waals surface area contributed by atoms with E-state index >= 15 is 0 Å². The van der Waals surface area contributed by atoms with E-state index in [1.165, 1.54) is 36.4 Å². The van der Waals surface area contributed by atoms with Gasteiger partial charge in [0.15, 0.2) is 5.82 Å². The maximum Gasteiger partial charge on any atom is 0.412 e. The molecule has 0 saturated carbocycles. The van der Waals surface area contributed by atoms with Gasteiger partial charge in [-0.3, -0.25) is 14.5 Å². The molecule has 50 heavy (non-hydrogen) atoms. The topological polar surface area (TPSA) is 131 Å². The molecule has 0 bridgehead atoms. The van der Waals surface area contributed by atoms with Gasteiger partial charge >= 0.3 is 12.1 Å². The molecular weight excluding hydrogens is 645 g/mol. The van der Waals surface area contributed by atoms with Gasteiger partial charge in [-0.2, -0.15) is 0 Å².